The molecule has 0 aromatic heterocycles. The Bertz CT molecular complexity index is 463. The Morgan fingerprint density at radius 2 is 2.06 bits per heavy atom. The van der Waals surface area contributed by atoms with Crippen LogP contribution in [0, 0.1) is 5.82 Å². The predicted molar refractivity (Wildman–Crippen MR) is 72.4 cm³/mol. The van der Waals surface area contributed by atoms with Crippen LogP contribution in [0.3, 0.4) is 0 Å². The molecule has 16 heavy (non-hydrogen) atoms. The van der Waals surface area contributed by atoms with Crippen molar-refractivity contribution in [2.75, 3.05) is 0 Å². The minimum atomic E-state index is -0.216. The van der Waals surface area contributed by atoms with Crippen LogP contribution in [0.25, 0.3) is 12.2 Å². The second kappa shape index (κ2) is 4.99. The van der Waals surface area contributed by atoms with E-state index in [1.807, 2.05) is 12.2 Å². The zero-order chi connectivity index (χ0) is 11.5. The maximum Gasteiger partial charge on any atom is 0.164 e. The lowest BCUT2D eigenvalue weighted by Crippen LogP contribution is -1.86. The van der Waals surface area contributed by atoms with Gasteiger partial charge in [-0.1, -0.05) is 13.0 Å². The van der Waals surface area contributed by atoms with E-state index in [9.17, 15) is 4.39 Å². The Labute approximate surface area is 108 Å². The van der Waals surface area contributed by atoms with Gasteiger partial charge in [-0.3, -0.25) is 0 Å². The van der Waals surface area contributed by atoms with Crippen molar-refractivity contribution in [2.24, 2.45) is 0 Å². The fourth-order valence-electron chi connectivity index (χ4n) is 1.65. The number of rotatable bonds is 2. The molecule has 1 aliphatic heterocycles. The van der Waals surface area contributed by atoms with E-state index in [0.717, 1.165) is 33.5 Å². The third-order valence-electron chi connectivity index (χ3n) is 2.36. The first kappa shape index (κ1) is 11.6. The first-order valence-corrected chi connectivity index (χ1v) is 6.32. The smallest absolute Gasteiger partial charge is 0.164 e. The summed E-state index contributed by atoms with van der Waals surface area (Å²) in [5, 5.41) is 0. The van der Waals surface area contributed by atoms with Gasteiger partial charge >= 0.3 is 0 Å². The highest BCUT2D eigenvalue weighted by Crippen LogP contribution is 2.28. The van der Waals surface area contributed by atoms with Gasteiger partial charge in [-0.2, -0.15) is 0 Å². The number of halogens is 2. The third kappa shape index (κ3) is 2.64. The fraction of sp³-hybridized carbons (Fsp3) is 0.231. The van der Waals surface area contributed by atoms with Crippen LogP contribution < -0.4 is 0 Å². The summed E-state index contributed by atoms with van der Waals surface area (Å²) in [4.78, 5) is 0. The Morgan fingerprint density at radius 3 is 2.81 bits per heavy atom. The number of ether oxygens (including phenoxy) is 1. The molecule has 2 rings (SSSR count). The number of allylic oxidation sites excluding steroid dienone is 1. The standard InChI is InChI=1S/C13H12FIO/c1-2-3-12-7-9-4-5-11(14)6-10(9)8-13(15)16-12/h4-8H,2-3H2,1H3. The molecule has 1 aromatic rings. The van der Waals surface area contributed by atoms with Crippen LogP contribution in [0.5, 0.6) is 0 Å². The zero-order valence-electron chi connectivity index (χ0n) is 8.97. The van der Waals surface area contributed by atoms with Crippen molar-refractivity contribution in [1.82, 2.24) is 0 Å². The first-order chi connectivity index (χ1) is 7.69. The Balaban J connectivity index is 2.47. The van der Waals surface area contributed by atoms with Gasteiger partial charge in [-0.25, -0.2) is 4.39 Å². The molecule has 84 valence electrons. The fourth-order valence-corrected chi connectivity index (χ4v) is 2.27. The molecule has 0 N–H and O–H groups in total. The van der Waals surface area contributed by atoms with Crippen molar-refractivity contribution in [3.8, 4) is 0 Å². The maximum absolute atomic E-state index is 13.1. The molecule has 0 bridgehead atoms. The van der Waals surface area contributed by atoms with Crippen molar-refractivity contribution < 1.29 is 9.13 Å². The molecule has 1 heterocycles. The Hall–Kier alpha value is -0.840. The molecule has 0 unspecified atom stereocenters. The zero-order valence-corrected chi connectivity index (χ0v) is 11.1. The molecular weight excluding hydrogens is 318 g/mol. The molecular formula is C13H12FIO. The summed E-state index contributed by atoms with van der Waals surface area (Å²) in [5.41, 5.74) is 1.88. The summed E-state index contributed by atoms with van der Waals surface area (Å²) in [6.45, 7) is 2.11. The van der Waals surface area contributed by atoms with E-state index in [4.69, 9.17) is 4.74 Å². The molecule has 0 spiro atoms. The van der Waals surface area contributed by atoms with Gasteiger partial charge in [0.25, 0.3) is 0 Å². The van der Waals surface area contributed by atoms with Crippen LogP contribution in [-0.4, -0.2) is 0 Å². The molecule has 3 heteroatoms. The van der Waals surface area contributed by atoms with Gasteiger partial charge in [0.05, 0.1) is 0 Å². The molecule has 1 aromatic carbocycles. The molecule has 1 aliphatic rings. The van der Waals surface area contributed by atoms with Gasteiger partial charge in [0.2, 0.25) is 0 Å². The molecule has 0 amide bonds. The van der Waals surface area contributed by atoms with Crippen LogP contribution in [0.4, 0.5) is 4.39 Å². The van der Waals surface area contributed by atoms with Gasteiger partial charge in [0.1, 0.15) is 11.6 Å². The summed E-state index contributed by atoms with van der Waals surface area (Å²) in [6.07, 6.45) is 5.78. The SMILES string of the molecule is CCCC1=Cc2ccc(F)cc2C=C(I)O1. The average molecular weight is 330 g/mol. The molecule has 0 saturated carbocycles. The van der Waals surface area contributed by atoms with Crippen molar-refractivity contribution >= 4 is 34.7 Å². The van der Waals surface area contributed by atoms with Crippen LogP contribution in [-0.2, 0) is 4.74 Å². The second-order valence-corrected chi connectivity index (χ2v) is 4.75. The van der Waals surface area contributed by atoms with E-state index in [1.165, 1.54) is 12.1 Å². The van der Waals surface area contributed by atoms with Gasteiger partial charge in [0, 0.05) is 6.42 Å². The maximum atomic E-state index is 13.1. The topological polar surface area (TPSA) is 9.23 Å². The van der Waals surface area contributed by atoms with Crippen LogP contribution in [0.15, 0.2) is 27.7 Å². The molecule has 0 radical (unpaired) electrons. The highest BCUT2D eigenvalue weighted by atomic mass is 127. The van der Waals surface area contributed by atoms with E-state index in [-0.39, 0.29) is 5.82 Å². The summed E-state index contributed by atoms with van der Waals surface area (Å²) in [6, 6.07) is 4.79. The quantitative estimate of drug-likeness (QED) is 0.713. The van der Waals surface area contributed by atoms with Crippen LogP contribution in [0.1, 0.15) is 30.9 Å². The number of hydrogen-bond acceptors (Lipinski definition) is 1. The first-order valence-electron chi connectivity index (χ1n) is 5.24. The number of hydrogen-bond donors (Lipinski definition) is 0. The third-order valence-corrected chi connectivity index (χ3v) is 2.89. The van der Waals surface area contributed by atoms with E-state index in [1.54, 1.807) is 6.07 Å². The van der Waals surface area contributed by atoms with E-state index in [0.29, 0.717) is 0 Å². The van der Waals surface area contributed by atoms with Gasteiger partial charge < -0.3 is 4.74 Å². The molecule has 0 atom stereocenters. The largest absolute Gasteiger partial charge is 0.455 e. The number of benzene rings is 1. The normalized spacial score (nSPS) is 14.4. The van der Waals surface area contributed by atoms with Gasteiger partial charge in [-0.05, 0) is 64.4 Å². The van der Waals surface area contributed by atoms with E-state index >= 15 is 0 Å². The minimum Gasteiger partial charge on any atom is -0.455 e. The van der Waals surface area contributed by atoms with E-state index in [2.05, 4.69) is 29.5 Å². The van der Waals surface area contributed by atoms with Crippen molar-refractivity contribution in [1.29, 1.82) is 0 Å². The summed E-state index contributed by atoms with van der Waals surface area (Å²) < 4.78 is 19.5. The molecule has 0 aliphatic carbocycles. The highest BCUT2D eigenvalue weighted by Gasteiger charge is 2.09. The van der Waals surface area contributed by atoms with Crippen molar-refractivity contribution in [3.63, 3.8) is 0 Å². The molecule has 0 fully saturated rings. The Kier molecular flexibility index (Phi) is 3.63. The summed E-state index contributed by atoms with van der Waals surface area (Å²) in [7, 11) is 0. The van der Waals surface area contributed by atoms with Gasteiger partial charge in [0.15, 0.2) is 3.77 Å². The van der Waals surface area contributed by atoms with E-state index < -0.39 is 0 Å². The average Bonchev–Trinajstić information content (AvgIpc) is 2.36. The Morgan fingerprint density at radius 1 is 1.25 bits per heavy atom. The minimum absolute atomic E-state index is 0.216. The summed E-state index contributed by atoms with van der Waals surface area (Å²) in [5.74, 6) is 0.722. The summed E-state index contributed by atoms with van der Waals surface area (Å²) >= 11 is 2.12. The van der Waals surface area contributed by atoms with Crippen LogP contribution in [0.2, 0.25) is 0 Å². The lowest BCUT2D eigenvalue weighted by Gasteiger charge is -2.05. The second-order valence-electron chi connectivity index (χ2n) is 3.68. The van der Waals surface area contributed by atoms with Crippen molar-refractivity contribution in [2.45, 2.75) is 19.8 Å². The van der Waals surface area contributed by atoms with Crippen LogP contribution >= 0.6 is 22.6 Å². The molecule has 1 nitrogen and oxygen atoms in total. The monoisotopic (exact) mass is 330 g/mol. The predicted octanol–water partition coefficient (Wildman–Crippen LogP) is 4.73. The lowest BCUT2D eigenvalue weighted by molar-refractivity contribution is 0.335. The van der Waals surface area contributed by atoms with Crippen molar-refractivity contribution in [3.05, 3.63) is 44.7 Å². The number of fused-ring (bicyclic) bond motifs is 1. The van der Waals surface area contributed by atoms with Gasteiger partial charge in [-0.15, -0.1) is 0 Å². The molecule has 0 saturated heterocycles. The lowest BCUT2D eigenvalue weighted by atomic mass is 10.1. The highest BCUT2D eigenvalue weighted by molar-refractivity contribution is 14.1.